The average Bonchev–Trinajstić information content (AvgIpc) is 2.46. The molecule has 0 aromatic heterocycles. The first-order chi connectivity index (χ1) is 9.14. The molecule has 0 N–H and O–H groups in total. The maximum absolute atomic E-state index is 12.4. The smallest absolute Gasteiger partial charge is 0.217 e. The van der Waals surface area contributed by atoms with Gasteiger partial charge in [-0.05, 0) is 30.1 Å². The van der Waals surface area contributed by atoms with E-state index < -0.39 is 9.84 Å². The molecule has 0 atom stereocenters. The molecule has 0 unspecified atom stereocenters. The number of sulfone groups is 1. The van der Waals surface area contributed by atoms with Gasteiger partial charge >= 0.3 is 0 Å². The topological polar surface area (TPSA) is 34.1 Å². The first kappa shape index (κ1) is 14.1. The average molecular weight is 308 g/mol. The Morgan fingerprint density at radius 3 is 1.95 bits per heavy atom. The summed E-state index contributed by atoms with van der Waals surface area (Å²) in [5.74, 6) is 3.65. The molecular weight excluding hydrogens is 296 g/mol. The molecule has 19 heavy (non-hydrogen) atoms. The number of benzene rings is 2. The maximum atomic E-state index is 12.4. The van der Waals surface area contributed by atoms with Crippen LogP contribution in [0.5, 0.6) is 0 Å². The van der Waals surface area contributed by atoms with E-state index in [-0.39, 0.29) is 3.53 Å². The quantitative estimate of drug-likeness (QED) is 0.629. The summed E-state index contributed by atoms with van der Waals surface area (Å²) in [5, 5.41) is 0. The Bertz CT molecular complexity index is 701. The van der Waals surface area contributed by atoms with E-state index >= 15 is 0 Å². The lowest BCUT2D eigenvalue weighted by Crippen LogP contribution is -2.09. The second-order valence-corrected chi connectivity index (χ2v) is 8.07. The Hall–Kier alpha value is -1.30. The molecule has 2 rings (SSSR count). The van der Waals surface area contributed by atoms with Crippen molar-refractivity contribution in [3.05, 3.63) is 60.7 Å². The Balaban J connectivity index is 2.36. The van der Waals surface area contributed by atoms with Gasteiger partial charge in [0.25, 0.3) is 0 Å². The zero-order chi connectivity index (χ0) is 13.7. The molecule has 0 spiro atoms. The van der Waals surface area contributed by atoms with Gasteiger partial charge in [-0.2, -0.15) is 0 Å². The third kappa shape index (κ3) is 3.37. The molecule has 0 saturated carbocycles. The lowest BCUT2D eigenvalue weighted by molar-refractivity contribution is 0.608. The first-order valence-corrected chi connectivity index (χ1v) is 8.75. The van der Waals surface area contributed by atoms with E-state index in [0.29, 0.717) is 4.90 Å². The van der Waals surface area contributed by atoms with E-state index in [4.69, 9.17) is 0 Å². The van der Waals surface area contributed by atoms with Crippen LogP contribution in [0.1, 0.15) is 0 Å². The standard InChI is InChI=1S/C14H12O2S3/c1-17-14(18-12-8-4-2-5-9-12)19(15,16)13-10-6-3-7-11-13/h2-11H,1H2. The van der Waals surface area contributed by atoms with Gasteiger partial charge in [-0.25, -0.2) is 8.42 Å². The Morgan fingerprint density at radius 2 is 1.42 bits per heavy atom. The van der Waals surface area contributed by atoms with E-state index in [1.165, 1.54) is 11.8 Å². The number of rotatable bonds is 2. The van der Waals surface area contributed by atoms with Crippen molar-refractivity contribution in [2.24, 2.45) is 0 Å². The third-order valence-electron chi connectivity index (χ3n) is 2.34. The second-order valence-electron chi connectivity index (χ2n) is 3.63. The van der Waals surface area contributed by atoms with Crippen LogP contribution >= 0.6 is 22.7 Å². The number of hydrogen-bond acceptors (Lipinski definition) is 3. The summed E-state index contributed by atoms with van der Waals surface area (Å²) in [7, 11) is -2.46. The van der Waals surface area contributed by atoms with Gasteiger partial charge in [-0.3, -0.25) is 0 Å². The highest BCUT2D eigenvalue weighted by Crippen LogP contribution is 2.26. The Morgan fingerprint density at radius 1 is 0.895 bits per heavy atom. The van der Waals surface area contributed by atoms with Crippen LogP contribution in [0.15, 0.2) is 70.5 Å². The monoisotopic (exact) mass is 308 g/mol. The van der Waals surface area contributed by atoms with Gasteiger partial charge < -0.3 is 0 Å². The molecule has 2 aromatic rings. The molecular formula is C14H12O2S3. The molecule has 0 heterocycles. The highest BCUT2D eigenvalue weighted by atomic mass is 32.3. The molecule has 0 amide bonds. The SMILES string of the molecule is C=S=C(Sc1ccccc1)S(=O)(=O)c1ccccc1. The van der Waals surface area contributed by atoms with Crippen LogP contribution in [-0.4, -0.2) is 17.8 Å². The van der Waals surface area contributed by atoms with Gasteiger partial charge in [0.1, 0.15) is 0 Å². The van der Waals surface area contributed by atoms with Crippen LogP contribution in [0.3, 0.4) is 0 Å². The Labute approximate surface area is 120 Å². The van der Waals surface area contributed by atoms with E-state index in [0.717, 1.165) is 15.8 Å². The van der Waals surface area contributed by atoms with E-state index in [9.17, 15) is 8.42 Å². The predicted octanol–water partition coefficient (Wildman–Crippen LogP) is 3.51. The summed E-state index contributed by atoms with van der Waals surface area (Å²) < 4.78 is 25.2. The first-order valence-electron chi connectivity index (χ1n) is 5.46. The molecule has 2 aromatic carbocycles. The van der Waals surface area contributed by atoms with Crippen LogP contribution in [0.4, 0.5) is 0 Å². The van der Waals surface area contributed by atoms with Crippen LogP contribution in [0.25, 0.3) is 0 Å². The van der Waals surface area contributed by atoms with Crippen LogP contribution in [-0.2, 0) is 9.84 Å². The zero-order valence-corrected chi connectivity index (χ0v) is 12.5. The molecule has 0 aliphatic rings. The minimum atomic E-state index is -3.47. The van der Waals surface area contributed by atoms with Gasteiger partial charge in [0.2, 0.25) is 9.84 Å². The highest BCUT2D eigenvalue weighted by Gasteiger charge is 2.21. The molecule has 0 aliphatic carbocycles. The number of hydrogen-bond donors (Lipinski definition) is 0. The largest absolute Gasteiger partial charge is 0.222 e. The van der Waals surface area contributed by atoms with Crippen LogP contribution in [0.2, 0.25) is 0 Å². The highest BCUT2D eigenvalue weighted by molar-refractivity contribution is 8.46. The third-order valence-corrected chi connectivity index (χ3v) is 7.10. The summed E-state index contributed by atoms with van der Waals surface area (Å²) in [6, 6.07) is 17.8. The molecule has 98 valence electrons. The minimum absolute atomic E-state index is 0.282. The molecule has 0 radical (unpaired) electrons. The van der Waals surface area contributed by atoms with E-state index in [1.807, 2.05) is 30.3 Å². The lowest BCUT2D eigenvalue weighted by Gasteiger charge is -2.06. The normalized spacial score (nSPS) is 10.9. The van der Waals surface area contributed by atoms with Crippen molar-refractivity contribution in [2.45, 2.75) is 9.79 Å². The van der Waals surface area contributed by atoms with Crippen molar-refractivity contribution in [1.82, 2.24) is 0 Å². The molecule has 0 saturated heterocycles. The fourth-order valence-corrected chi connectivity index (χ4v) is 5.09. The van der Waals surface area contributed by atoms with Crippen molar-refractivity contribution in [1.29, 1.82) is 0 Å². The van der Waals surface area contributed by atoms with Gasteiger partial charge in [0.15, 0.2) is 3.53 Å². The molecule has 0 aliphatic heterocycles. The van der Waals surface area contributed by atoms with Crippen molar-refractivity contribution in [3.8, 4) is 0 Å². The van der Waals surface area contributed by atoms with Crippen LogP contribution < -0.4 is 0 Å². The van der Waals surface area contributed by atoms with Crippen molar-refractivity contribution < 1.29 is 8.42 Å². The summed E-state index contributed by atoms with van der Waals surface area (Å²) in [6.45, 7) is 0. The zero-order valence-electron chi connectivity index (χ0n) is 10.0. The lowest BCUT2D eigenvalue weighted by atomic mass is 10.4. The van der Waals surface area contributed by atoms with Crippen molar-refractivity contribution in [2.75, 3.05) is 0 Å². The maximum Gasteiger partial charge on any atom is 0.222 e. The predicted molar refractivity (Wildman–Crippen MR) is 85.6 cm³/mol. The Kier molecular flexibility index (Phi) is 4.63. The second kappa shape index (κ2) is 6.23. The van der Waals surface area contributed by atoms with Crippen molar-refractivity contribution in [3.63, 3.8) is 0 Å². The molecule has 0 bridgehead atoms. The van der Waals surface area contributed by atoms with Gasteiger partial charge in [0.05, 0.1) is 4.90 Å². The summed E-state index contributed by atoms with van der Waals surface area (Å²) in [6.07, 6.45) is 0. The van der Waals surface area contributed by atoms with Crippen LogP contribution in [0, 0.1) is 0 Å². The van der Waals surface area contributed by atoms with Crippen molar-refractivity contribution >= 4 is 41.9 Å². The molecule has 2 nitrogen and oxygen atoms in total. The summed E-state index contributed by atoms with van der Waals surface area (Å²) >= 11 is 1.22. The fraction of sp³-hybridized carbons (Fsp3) is 0. The fourth-order valence-electron chi connectivity index (χ4n) is 1.44. The van der Waals surface area contributed by atoms with E-state index in [1.54, 1.807) is 30.3 Å². The van der Waals surface area contributed by atoms with Gasteiger partial charge in [0, 0.05) is 4.90 Å². The number of thioether (sulfide) groups is 1. The summed E-state index contributed by atoms with van der Waals surface area (Å²) in [4.78, 5) is 1.18. The van der Waals surface area contributed by atoms with E-state index in [2.05, 4.69) is 5.87 Å². The molecule has 0 fully saturated rings. The van der Waals surface area contributed by atoms with Gasteiger partial charge in [-0.1, -0.05) is 48.2 Å². The summed E-state index contributed by atoms with van der Waals surface area (Å²) in [5.41, 5.74) is 0. The minimum Gasteiger partial charge on any atom is -0.217 e. The molecule has 5 heteroatoms. The van der Waals surface area contributed by atoms with Gasteiger partial charge in [-0.15, -0.1) is 10.9 Å².